The Bertz CT molecular complexity index is 1270. The smallest absolute Gasteiger partial charge is 0.264 e. The molecule has 4 rings (SSSR count). The minimum absolute atomic E-state index is 0.175. The lowest BCUT2D eigenvalue weighted by Crippen LogP contribution is -2.42. The van der Waals surface area contributed by atoms with E-state index in [0.717, 1.165) is 37.1 Å². The monoisotopic (exact) mass is 491 g/mol. The van der Waals surface area contributed by atoms with E-state index in [1.807, 2.05) is 26.0 Å². The molecule has 7 heteroatoms. The molecule has 35 heavy (non-hydrogen) atoms. The van der Waals surface area contributed by atoms with Gasteiger partial charge in [0, 0.05) is 25.3 Å². The maximum atomic E-state index is 13.6. The van der Waals surface area contributed by atoms with Crippen molar-refractivity contribution in [2.24, 2.45) is 0 Å². The van der Waals surface area contributed by atoms with Gasteiger partial charge in [-0.05, 0) is 61.6 Å². The molecule has 0 unspecified atom stereocenters. The fraction of sp³-hybridized carbons (Fsp3) is 0.321. The van der Waals surface area contributed by atoms with Crippen LogP contribution >= 0.6 is 0 Å². The topological polar surface area (TPSA) is 69.7 Å². The minimum Gasteiger partial charge on any atom is -0.371 e. The molecule has 0 atom stereocenters. The maximum absolute atomic E-state index is 13.6. The third kappa shape index (κ3) is 5.68. The van der Waals surface area contributed by atoms with Crippen LogP contribution in [0.4, 0.5) is 11.4 Å². The van der Waals surface area contributed by atoms with E-state index in [0.29, 0.717) is 18.7 Å². The Kier molecular flexibility index (Phi) is 7.76. The average Bonchev–Trinajstić information content (AvgIpc) is 3.28. The van der Waals surface area contributed by atoms with Crippen LogP contribution in [0.15, 0.2) is 77.7 Å². The Morgan fingerprint density at radius 2 is 1.71 bits per heavy atom. The second kappa shape index (κ2) is 11.0. The molecular formula is C28H33N3O3S. The second-order valence-corrected chi connectivity index (χ2v) is 10.7. The van der Waals surface area contributed by atoms with E-state index >= 15 is 0 Å². The molecule has 1 aliphatic rings. The zero-order valence-corrected chi connectivity index (χ0v) is 21.2. The van der Waals surface area contributed by atoms with Crippen LogP contribution in [0.3, 0.4) is 0 Å². The van der Waals surface area contributed by atoms with Gasteiger partial charge in [0.1, 0.15) is 6.54 Å². The third-order valence-electron chi connectivity index (χ3n) is 6.45. The number of para-hydroxylation sites is 2. The number of carbonyl (C=O) groups is 1. The van der Waals surface area contributed by atoms with Gasteiger partial charge >= 0.3 is 0 Å². The summed E-state index contributed by atoms with van der Waals surface area (Å²) >= 11 is 0. The van der Waals surface area contributed by atoms with Crippen molar-refractivity contribution in [1.82, 2.24) is 5.32 Å². The predicted octanol–water partition coefficient (Wildman–Crippen LogP) is 4.32. The maximum Gasteiger partial charge on any atom is 0.264 e. The van der Waals surface area contributed by atoms with Crippen molar-refractivity contribution in [2.45, 2.75) is 38.0 Å². The van der Waals surface area contributed by atoms with E-state index in [2.05, 4.69) is 34.5 Å². The van der Waals surface area contributed by atoms with Gasteiger partial charge in [-0.25, -0.2) is 8.42 Å². The van der Waals surface area contributed by atoms with Crippen molar-refractivity contribution < 1.29 is 13.2 Å². The van der Waals surface area contributed by atoms with Crippen molar-refractivity contribution in [3.63, 3.8) is 0 Å². The Balaban J connectivity index is 1.44. The summed E-state index contributed by atoms with van der Waals surface area (Å²) in [5.74, 6) is -0.312. The molecule has 0 saturated heterocycles. The average molecular weight is 492 g/mol. The largest absolute Gasteiger partial charge is 0.371 e. The third-order valence-corrected chi connectivity index (χ3v) is 8.22. The number of aryl methyl sites for hydroxylation is 2. The van der Waals surface area contributed by atoms with Crippen LogP contribution < -0.4 is 14.5 Å². The molecule has 0 aromatic heterocycles. The number of fused-ring (bicyclic) bond motifs is 1. The molecule has 1 N–H and O–H groups in total. The molecule has 6 nitrogen and oxygen atoms in total. The van der Waals surface area contributed by atoms with Crippen LogP contribution in [-0.4, -0.2) is 40.5 Å². The number of rotatable bonds is 10. The van der Waals surface area contributed by atoms with Gasteiger partial charge in [-0.3, -0.25) is 9.10 Å². The summed E-state index contributed by atoms with van der Waals surface area (Å²) in [6, 6.07) is 22.5. The molecule has 0 spiro atoms. The lowest BCUT2D eigenvalue weighted by Gasteiger charge is -2.26. The first-order valence-corrected chi connectivity index (χ1v) is 13.6. The van der Waals surface area contributed by atoms with E-state index in [-0.39, 0.29) is 17.3 Å². The molecule has 184 valence electrons. The molecule has 1 aliphatic heterocycles. The van der Waals surface area contributed by atoms with Crippen molar-refractivity contribution in [3.8, 4) is 0 Å². The highest BCUT2D eigenvalue weighted by molar-refractivity contribution is 7.92. The normalized spacial score (nSPS) is 12.9. The summed E-state index contributed by atoms with van der Waals surface area (Å²) in [5.41, 5.74) is 5.03. The van der Waals surface area contributed by atoms with Gasteiger partial charge in [0.15, 0.2) is 0 Å². The number of sulfonamides is 1. The highest BCUT2D eigenvalue weighted by Crippen LogP contribution is 2.28. The summed E-state index contributed by atoms with van der Waals surface area (Å²) in [6.07, 6.45) is 2.50. The SMILES string of the molecule is CCc1ccccc1N(CC(=O)NCCCN1CCc2ccccc21)S(=O)(=O)c1ccc(C)cc1. The van der Waals surface area contributed by atoms with E-state index in [9.17, 15) is 13.2 Å². The highest BCUT2D eigenvalue weighted by atomic mass is 32.2. The van der Waals surface area contributed by atoms with Crippen LogP contribution in [0.25, 0.3) is 0 Å². The quantitative estimate of drug-likeness (QED) is 0.429. The molecule has 1 heterocycles. The first kappa shape index (κ1) is 24.8. The summed E-state index contributed by atoms with van der Waals surface area (Å²) in [7, 11) is -3.91. The van der Waals surface area contributed by atoms with Crippen LogP contribution in [0.1, 0.15) is 30.0 Å². The summed E-state index contributed by atoms with van der Waals surface area (Å²) < 4.78 is 28.5. The van der Waals surface area contributed by atoms with Gasteiger partial charge in [-0.2, -0.15) is 0 Å². The van der Waals surface area contributed by atoms with Crippen LogP contribution in [-0.2, 0) is 27.7 Å². The zero-order valence-electron chi connectivity index (χ0n) is 20.4. The van der Waals surface area contributed by atoms with Crippen molar-refractivity contribution in [1.29, 1.82) is 0 Å². The van der Waals surface area contributed by atoms with E-state index in [1.54, 1.807) is 36.4 Å². The molecule has 0 bridgehead atoms. The van der Waals surface area contributed by atoms with Crippen molar-refractivity contribution >= 4 is 27.3 Å². The fourth-order valence-electron chi connectivity index (χ4n) is 4.51. The second-order valence-electron chi connectivity index (χ2n) is 8.88. The molecule has 3 aromatic carbocycles. The van der Waals surface area contributed by atoms with Crippen molar-refractivity contribution in [2.75, 3.05) is 35.4 Å². The van der Waals surface area contributed by atoms with Gasteiger partial charge in [-0.1, -0.05) is 61.0 Å². The summed E-state index contributed by atoms with van der Waals surface area (Å²) in [6.45, 7) is 5.96. The Hall–Kier alpha value is -3.32. The zero-order chi connectivity index (χ0) is 24.8. The van der Waals surface area contributed by atoms with E-state index < -0.39 is 10.0 Å². The predicted molar refractivity (Wildman–Crippen MR) is 142 cm³/mol. The van der Waals surface area contributed by atoms with E-state index in [4.69, 9.17) is 0 Å². The Morgan fingerprint density at radius 3 is 2.49 bits per heavy atom. The molecule has 0 radical (unpaired) electrons. The Morgan fingerprint density at radius 1 is 1.00 bits per heavy atom. The molecule has 0 aliphatic carbocycles. The number of anilines is 2. The number of carbonyl (C=O) groups excluding carboxylic acids is 1. The first-order valence-electron chi connectivity index (χ1n) is 12.2. The number of nitrogens with zero attached hydrogens (tertiary/aromatic N) is 2. The molecule has 3 aromatic rings. The standard InChI is InChI=1S/C28H33N3O3S/c1-3-23-9-4-7-12-27(23)31(35(33,34)25-15-13-22(2)14-16-25)21-28(32)29-18-8-19-30-20-17-24-10-5-6-11-26(24)30/h4-7,9-16H,3,8,17-21H2,1-2H3,(H,29,32). The molecule has 0 saturated carbocycles. The van der Waals surface area contributed by atoms with Crippen molar-refractivity contribution in [3.05, 3.63) is 89.5 Å². The Labute approximate surface area is 208 Å². The van der Waals surface area contributed by atoms with Gasteiger partial charge in [0.25, 0.3) is 10.0 Å². The molecule has 1 amide bonds. The van der Waals surface area contributed by atoms with Crippen LogP contribution in [0.5, 0.6) is 0 Å². The number of hydrogen-bond acceptors (Lipinski definition) is 4. The van der Waals surface area contributed by atoms with Gasteiger partial charge in [0.05, 0.1) is 10.6 Å². The molecule has 0 fully saturated rings. The molecular weight excluding hydrogens is 458 g/mol. The number of nitrogens with one attached hydrogen (secondary N) is 1. The van der Waals surface area contributed by atoms with Crippen LogP contribution in [0, 0.1) is 6.92 Å². The number of hydrogen-bond donors (Lipinski definition) is 1. The van der Waals surface area contributed by atoms with Crippen LogP contribution in [0.2, 0.25) is 0 Å². The summed E-state index contributed by atoms with van der Waals surface area (Å²) in [5, 5.41) is 2.93. The number of amides is 1. The summed E-state index contributed by atoms with van der Waals surface area (Å²) in [4.78, 5) is 15.4. The first-order chi connectivity index (χ1) is 16.9. The highest BCUT2D eigenvalue weighted by Gasteiger charge is 2.28. The van der Waals surface area contributed by atoms with Gasteiger partial charge in [-0.15, -0.1) is 0 Å². The fourth-order valence-corrected chi connectivity index (χ4v) is 5.97. The lowest BCUT2D eigenvalue weighted by atomic mass is 10.1. The lowest BCUT2D eigenvalue weighted by molar-refractivity contribution is -0.119. The van der Waals surface area contributed by atoms with Gasteiger partial charge < -0.3 is 10.2 Å². The van der Waals surface area contributed by atoms with E-state index in [1.165, 1.54) is 15.6 Å². The minimum atomic E-state index is -3.91. The number of benzene rings is 3. The van der Waals surface area contributed by atoms with Gasteiger partial charge in [0.2, 0.25) is 5.91 Å².